The number of urea groups is 1. The van der Waals surface area contributed by atoms with Crippen molar-refractivity contribution >= 4 is 12.0 Å². The van der Waals surface area contributed by atoms with Gasteiger partial charge in [0.2, 0.25) is 0 Å². The first-order chi connectivity index (χ1) is 10.1. The Kier molecular flexibility index (Phi) is 5.41. The minimum Gasteiger partial charge on any atom is -0.481 e. The molecule has 2 fully saturated rings. The summed E-state index contributed by atoms with van der Waals surface area (Å²) >= 11 is 0. The fraction of sp³-hybridized carbons (Fsp3) is 0.857. The Morgan fingerprint density at radius 2 is 2.05 bits per heavy atom. The number of piperidine rings is 1. The van der Waals surface area contributed by atoms with E-state index >= 15 is 0 Å². The van der Waals surface area contributed by atoms with Gasteiger partial charge in [-0.25, -0.2) is 4.79 Å². The maximum atomic E-state index is 12.2. The number of aliphatic hydroxyl groups excluding tert-OH is 1. The summed E-state index contributed by atoms with van der Waals surface area (Å²) in [5.41, 5.74) is -0.917. The Labute approximate surface area is 124 Å². The molecule has 120 valence electrons. The van der Waals surface area contributed by atoms with Crippen LogP contribution in [-0.2, 0) is 9.53 Å². The highest BCUT2D eigenvalue weighted by molar-refractivity contribution is 5.78. The van der Waals surface area contributed by atoms with Crippen molar-refractivity contribution < 1.29 is 24.5 Å². The number of rotatable bonds is 4. The molecule has 2 saturated heterocycles. The molecule has 0 aromatic carbocycles. The lowest BCUT2D eigenvalue weighted by atomic mass is 9.80. The summed E-state index contributed by atoms with van der Waals surface area (Å²) in [7, 11) is 0. The molecule has 2 rings (SSSR count). The molecule has 0 aromatic heterocycles. The fourth-order valence-electron chi connectivity index (χ4n) is 2.98. The smallest absolute Gasteiger partial charge is 0.317 e. The average Bonchev–Trinajstić information content (AvgIpc) is 2.53. The summed E-state index contributed by atoms with van der Waals surface area (Å²) in [5.74, 6) is -0.751. The van der Waals surface area contributed by atoms with Crippen LogP contribution in [0.3, 0.4) is 0 Å². The van der Waals surface area contributed by atoms with Gasteiger partial charge in [-0.05, 0) is 31.6 Å². The van der Waals surface area contributed by atoms with Gasteiger partial charge in [0.15, 0.2) is 0 Å². The van der Waals surface area contributed by atoms with Crippen molar-refractivity contribution in [2.24, 2.45) is 11.3 Å². The number of carboxylic acids is 1. The molecule has 2 aliphatic rings. The van der Waals surface area contributed by atoms with Crippen LogP contribution in [0.5, 0.6) is 0 Å². The van der Waals surface area contributed by atoms with Crippen LogP contribution in [-0.4, -0.2) is 66.6 Å². The third-order valence-electron chi connectivity index (χ3n) is 4.55. The molecular formula is C14H24N2O5. The maximum Gasteiger partial charge on any atom is 0.317 e. The van der Waals surface area contributed by atoms with E-state index in [0.717, 1.165) is 12.8 Å². The molecule has 0 spiro atoms. The van der Waals surface area contributed by atoms with Gasteiger partial charge in [0.1, 0.15) is 0 Å². The molecule has 0 aliphatic carbocycles. The first kappa shape index (κ1) is 16.0. The molecule has 7 nitrogen and oxygen atoms in total. The van der Waals surface area contributed by atoms with Crippen LogP contribution in [0.1, 0.15) is 25.7 Å². The lowest BCUT2D eigenvalue weighted by Gasteiger charge is -2.35. The predicted octanol–water partition coefficient (Wildman–Crippen LogP) is 0.282. The highest BCUT2D eigenvalue weighted by atomic mass is 16.5. The molecule has 2 aliphatic heterocycles. The highest BCUT2D eigenvalue weighted by Gasteiger charge is 2.40. The molecule has 21 heavy (non-hydrogen) atoms. The van der Waals surface area contributed by atoms with E-state index in [2.05, 4.69) is 5.32 Å². The van der Waals surface area contributed by atoms with Crippen molar-refractivity contribution in [3.05, 3.63) is 0 Å². The van der Waals surface area contributed by atoms with Gasteiger partial charge in [-0.3, -0.25) is 4.79 Å². The quantitative estimate of drug-likeness (QED) is 0.692. The van der Waals surface area contributed by atoms with Crippen LogP contribution in [0.15, 0.2) is 0 Å². The standard InChI is InChI=1S/C14H24N2O5/c17-9-11-2-1-5-16(8-11)13(20)15-10-14(12(18)19)3-6-21-7-4-14/h11,17H,1-10H2,(H,15,20)(H,18,19). The molecular weight excluding hydrogens is 276 g/mol. The van der Waals surface area contributed by atoms with E-state index in [1.54, 1.807) is 4.90 Å². The van der Waals surface area contributed by atoms with Gasteiger partial charge in [0.25, 0.3) is 0 Å². The zero-order valence-electron chi connectivity index (χ0n) is 12.2. The molecule has 0 aromatic rings. The SMILES string of the molecule is O=C(NCC1(C(=O)O)CCOCC1)N1CCCC(CO)C1. The Balaban J connectivity index is 1.88. The number of nitrogens with zero attached hydrogens (tertiary/aromatic N) is 1. The van der Waals surface area contributed by atoms with E-state index in [-0.39, 0.29) is 25.1 Å². The Morgan fingerprint density at radius 1 is 1.33 bits per heavy atom. The molecule has 0 saturated carbocycles. The minimum absolute atomic E-state index is 0.0835. The second kappa shape index (κ2) is 7.09. The number of likely N-dealkylation sites (tertiary alicyclic amines) is 1. The van der Waals surface area contributed by atoms with Gasteiger partial charge in [-0.2, -0.15) is 0 Å². The number of amides is 2. The number of nitrogens with one attached hydrogen (secondary N) is 1. The number of hydrogen-bond donors (Lipinski definition) is 3. The van der Waals surface area contributed by atoms with Crippen molar-refractivity contribution in [1.82, 2.24) is 10.2 Å². The van der Waals surface area contributed by atoms with Crippen LogP contribution >= 0.6 is 0 Å². The van der Waals surface area contributed by atoms with Gasteiger partial charge >= 0.3 is 12.0 Å². The molecule has 0 bridgehead atoms. The van der Waals surface area contributed by atoms with Crippen LogP contribution in [0.2, 0.25) is 0 Å². The van der Waals surface area contributed by atoms with Crippen LogP contribution in [0.25, 0.3) is 0 Å². The normalized spacial score (nSPS) is 25.4. The highest BCUT2D eigenvalue weighted by Crippen LogP contribution is 2.30. The molecule has 2 heterocycles. The number of hydrogen-bond acceptors (Lipinski definition) is 4. The van der Waals surface area contributed by atoms with Crippen molar-refractivity contribution in [1.29, 1.82) is 0 Å². The second-order valence-corrected chi connectivity index (χ2v) is 5.99. The van der Waals surface area contributed by atoms with Gasteiger partial charge in [0.05, 0.1) is 5.41 Å². The largest absolute Gasteiger partial charge is 0.481 e. The number of ether oxygens (including phenoxy) is 1. The number of carbonyl (C=O) groups excluding carboxylic acids is 1. The number of carboxylic acid groups (broad SMARTS) is 1. The van der Waals surface area contributed by atoms with Crippen molar-refractivity contribution in [2.75, 3.05) is 39.5 Å². The van der Waals surface area contributed by atoms with Crippen LogP contribution < -0.4 is 5.32 Å². The fourth-order valence-corrected chi connectivity index (χ4v) is 2.98. The average molecular weight is 300 g/mol. The van der Waals surface area contributed by atoms with E-state index in [1.165, 1.54) is 0 Å². The summed E-state index contributed by atoms with van der Waals surface area (Å²) in [6, 6.07) is -0.236. The van der Waals surface area contributed by atoms with E-state index in [1.807, 2.05) is 0 Å². The molecule has 1 atom stereocenters. The van der Waals surface area contributed by atoms with Gasteiger partial charge in [-0.1, -0.05) is 0 Å². The van der Waals surface area contributed by atoms with E-state index in [9.17, 15) is 19.8 Å². The van der Waals surface area contributed by atoms with Crippen LogP contribution in [0, 0.1) is 11.3 Å². The first-order valence-electron chi connectivity index (χ1n) is 7.52. The van der Waals surface area contributed by atoms with Crippen molar-refractivity contribution in [3.8, 4) is 0 Å². The Morgan fingerprint density at radius 3 is 2.67 bits per heavy atom. The molecule has 3 N–H and O–H groups in total. The Bertz CT molecular complexity index is 382. The molecule has 2 amide bonds. The van der Waals surface area contributed by atoms with Crippen LogP contribution in [0.4, 0.5) is 4.79 Å². The van der Waals surface area contributed by atoms with E-state index in [4.69, 9.17) is 4.74 Å². The van der Waals surface area contributed by atoms with Gasteiger partial charge in [-0.15, -0.1) is 0 Å². The number of aliphatic carboxylic acids is 1. The van der Waals surface area contributed by atoms with Crippen molar-refractivity contribution in [2.45, 2.75) is 25.7 Å². The lowest BCUT2D eigenvalue weighted by Crippen LogP contribution is -2.51. The summed E-state index contributed by atoms with van der Waals surface area (Å²) in [5, 5.41) is 21.4. The summed E-state index contributed by atoms with van der Waals surface area (Å²) in [4.78, 5) is 25.4. The van der Waals surface area contributed by atoms with E-state index < -0.39 is 11.4 Å². The van der Waals surface area contributed by atoms with Crippen molar-refractivity contribution in [3.63, 3.8) is 0 Å². The number of carbonyl (C=O) groups is 2. The third kappa shape index (κ3) is 3.85. The summed E-state index contributed by atoms with van der Waals surface area (Å²) < 4.78 is 5.21. The Hall–Kier alpha value is -1.34. The predicted molar refractivity (Wildman–Crippen MR) is 74.9 cm³/mol. The van der Waals surface area contributed by atoms with E-state index in [0.29, 0.717) is 39.1 Å². The zero-order chi connectivity index (χ0) is 15.3. The molecule has 7 heteroatoms. The second-order valence-electron chi connectivity index (χ2n) is 5.99. The maximum absolute atomic E-state index is 12.2. The van der Waals surface area contributed by atoms with Gasteiger partial charge in [0, 0.05) is 39.5 Å². The summed E-state index contributed by atoms with van der Waals surface area (Å²) in [6.45, 7) is 2.24. The molecule has 1 unspecified atom stereocenters. The number of aliphatic hydroxyl groups is 1. The topological polar surface area (TPSA) is 99.1 Å². The lowest BCUT2D eigenvalue weighted by molar-refractivity contribution is -0.154. The minimum atomic E-state index is -0.917. The zero-order valence-corrected chi connectivity index (χ0v) is 12.2. The monoisotopic (exact) mass is 300 g/mol. The molecule has 0 radical (unpaired) electrons. The summed E-state index contributed by atoms with van der Waals surface area (Å²) in [6.07, 6.45) is 2.64. The first-order valence-corrected chi connectivity index (χ1v) is 7.52. The third-order valence-corrected chi connectivity index (χ3v) is 4.55. The van der Waals surface area contributed by atoms with Gasteiger partial charge < -0.3 is 25.2 Å².